The minimum absolute atomic E-state index is 0.158. The molecule has 160 valence electrons. The lowest BCUT2D eigenvalue weighted by Crippen LogP contribution is -1.98. The van der Waals surface area contributed by atoms with E-state index >= 15 is 0 Å². The van der Waals surface area contributed by atoms with Crippen LogP contribution in [0, 0.1) is 6.92 Å². The van der Waals surface area contributed by atoms with E-state index in [2.05, 4.69) is 15.6 Å². The van der Waals surface area contributed by atoms with Crippen LogP contribution < -0.4 is 5.43 Å². The first-order chi connectivity index (χ1) is 15.4. The summed E-state index contributed by atoms with van der Waals surface area (Å²) in [7, 11) is 0. The number of aryl methyl sites for hydroxylation is 1. The Bertz CT molecular complexity index is 1300. The lowest BCUT2D eigenvalue weighted by atomic mass is 10.1. The number of rotatable bonds is 6. The van der Waals surface area contributed by atoms with Gasteiger partial charge in [-0.15, -0.1) is 0 Å². The van der Waals surface area contributed by atoms with Crippen molar-refractivity contribution in [2.75, 3.05) is 5.43 Å². The number of carboxylic acid groups (broad SMARTS) is 1. The van der Waals surface area contributed by atoms with E-state index in [9.17, 15) is 9.90 Å². The summed E-state index contributed by atoms with van der Waals surface area (Å²) < 4.78 is 1.65. The summed E-state index contributed by atoms with van der Waals surface area (Å²) in [6, 6.07) is 18.7. The molecule has 0 spiro atoms. The summed E-state index contributed by atoms with van der Waals surface area (Å²) in [6.07, 6.45) is 3.44. The predicted molar refractivity (Wildman–Crippen MR) is 125 cm³/mol. The molecule has 0 aliphatic rings. The maximum atomic E-state index is 11.1. The molecule has 3 aromatic carbocycles. The standard InChI is InChI=1S/C24H19ClN4O3/c1-15-2-7-19(12-22(15)25)27-26-13-18-14-29(20-8-3-17(4-9-20)24(31)32)28-23(18)16-5-10-21(30)11-6-16/h2-14,27,30H,1H3,(H,31,32)/b26-13+. The summed E-state index contributed by atoms with van der Waals surface area (Å²) in [6.45, 7) is 1.93. The molecule has 0 aliphatic heterocycles. The van der Waals surface area contributed by atoms with E-state index in [0.717, 1.165) is 22.4 Å². The quantitative estimate of drug-likeness (QED) is 0.274. The second kappa shape index (κ2) is 8.95. The maximum absolute atomic E-state index is 11.1. The van der Waals surface area contributed by atoms with Crippen LogP contribution in [-0.4, -0.2) is 32.2 Å². The van der Waals surface area contributed by atoms with E-state index in [4.69, 9.17) is 16.7 Å². The number of hydrazone groups is 1. The van der Waals surface area contributed by atoms with E-state index in [0.29, 0.717) is 16.4 Å². The van der Waals surface area contributed by atoms with Gasteiger partial charge in [0.05, 0.1) is 23.2 Å². The van der Waals surface area contributed by atoms with Crippen LogP contribution in [-0.2, 0) is 0 Å². The molecule has 4 rings (SSSR count). The monoisotopic (exact) mass is 446 g/mol. The number of hydrogen-bond donors (Lipinski definition) is 3. The van der Waals surface area contributed by atoms with Gasteiger partial charge in [0, 0.05) is 22.3 Å². The molecule has 0 unspecified atom stereocenters. The van der Waals surface area contributed by atoms with Crippen LogP contribution in [0.15, 0.2) is 78.0 Å². The van der Waals surface area contributed by atoms with Gasteiger partial charge in [-0.05, 0) is 73.2 Å². The SMILES string of the molecule is Cc1ccc(N/N=C/c2cn(-c3ccc(C(=O)O)cc3)nc2-c2ccc(O)cc2)cc1Cl. The lowest BCUT2D eigenvalue weighted by Gasteiger charge is -2.03. The van der Waals surface area contributed by atoms with Crippen molar-refractivity contribution in [1.82, 2.24) is 9.78 Å². The highest BCUT2D eigenvalue weighted by molar-refractivity contribution is 6.31. The van der Waals surface area contributed by atoms with Gasteiger partial charge in [-0.25, -0.2) is 9.48 Å². The normalized spacial score (nSPS) is 11.1. The highest BCUT2D eigenvalue weighted by Crippen LogP contribution is 2.25. The Morgan fingerprint density at radius 1 is 1.09 bits per heavy atom. The topological polar surface area (TPSA) is 99.7 Å². The molecule has 32 heavy (non-hydrogen) atoms. The molecule has 7 nitrogen and oxygen atoms in total. The molecule has 0 atom stereocenters. The minimum Gasteiger partial charge on any atom is -0.508 e. The summed E-state index contributed by atoms with van der Waals surface area (Å²) in [5, 5.41) is 28.3. The average molecular weight is 447 g/mol. The molecule has 0 saturated heterocycles. The first-order valence-electron chi connectivity index (χ1n) is 9.69. The zero-order valence-corrected chi connectivity index (χ0v) is 17.8. The largest absolute Gasteiger partial charge is 0.508 e. The number of nitrogens with one attached hydrogen (secondary N) is 1. The van der Waals surface area contributed by atoms with Crippen molar-refractivity contribution < 1.29 is 15.0 Å². The zero-order valence-electron chi connectivity index (χ0n) is 17.0. The molecule has 3 N–H and O–H groups in total. The molecule has 0 fully saturated rings. The highest BCUT2D eigenvalue weighted by atomic mass is 35.5. The van der Waals surface area contributed by atoms with Gasteiger partial charge in [-0.3, -0.25) is 5.43 Å². The van der Waals surface area contributed by atoms with Gasteiger partial charge in [0.25, 0.3) is 0 Å². The van der Waals surface area contributed by atoms with E-state index in [-0.39, 0.29) is 11.3 Å². The summed E-state index contributed by atoms with van der Waals surface area (Å²) >= 11 is 6.17. The van der Waals surface area contributed by atoms with Gasteiger partial charge >= 0.3 is 5.97 Å². The Hall–Kier alpha value is -4.10. The van der Waals surface area contributed by atoms with Gasteiger partial charge in [0.15, 0.2) is 0 Å². The Morgan fingerprint density at radius 2 is 1.81 bits per heavy atom. The van der Waals surface area contributed by atoms with Crippen LogP contribution in [0.1, 0.15) is 21.5 Å². The van der Waals surface area contributed by atoms with E-state index in [1.165, 1.54) is 12.1 Å². The molecule has 1 aromatic heterocycles. The van der Waals surface area contributed by atoms with Gasteiger partial charge in [-0.1, -0.05) is 17.7 Å². The van der Waals surface area contributed by atoms with Crippen molar-refractivity contribution in [3.63, 3.8) is 0 Å². The van der Waals surface area contributed by atoms with Crippen molar-refractivity contribution in [3.8, 4) is 22.7 Å². The summed E-state index contributed by atoms with van der Waals surface area (Å²) in [5.74, 6) is -0.831. The Labute approximate surface area is 189 Å². The number of phenolic OH excluding ortho intramolecular Hbond substituents is 1. The van der Waals surface area contributed by atoms with Crippen LogP contribution in [0.2, 0.25) is 5.02 Å². The lowest BCUT2D eigenvalue weighted by molar-refractivity contribution is 0.0697. The van der Waals surface area contributed by atoms with Crippen LogP contribution in [0.4, 0.5) is 5.69 Å². The molecular formula is C24H19ClN4O3. The van der Waals surface area contributed by atoms with Crippen LogP contribution in [0.3, 0.4) is 0 Å². The van der Waals surface area contributed by atoms with Crippen LogP contribution in [0.25, 0.3) is 16.9 Å². The third-order valence-corrected chi connectivity index (χ3v) is 5.24. The fraction of sp³-hybridized carbons (Fsp3) is 0.0417. The number of benzene rings is 3. The molecule has 0 saturated carbocycles. The van der Waals surface area contributed by atoms with E-state index in [1.807, 2.05) is 19.1 Å². The third-order valence-electron chi connectivity index (χ3n) is 4.83. The van der Waals surface area contributed by atoms with Gasteiger partial charge in [-0.2, -0.15) is 10.2 Å². The summed E-state index contributed by atoms with van der Waals surface area (Å²) in [4.78, 5) is 11.1. The van der Waals surface area contributed by atoms with Crippen molar-refractivity contribution >= 4 is 29.5 Å². The van der Waals surface area contributed by atoms with Crippen LogP contribution >= 0.6 is 11.6 Å². The van der Waals surface area contributed by atoms with Gasteiger partial charge in [0.1, 0.15) is 11.4 Å². The average Bonchev–Trinajstić information content (AvgIpc) is 3.21. The molecule has 0 amide bonds. The number of phenols is 1. The number of hydrogen-bond acceptors (Lipinski definition) is 5. The Balaban J connectivity index is 1.68. The second-order valence-corrected chi connectivity index (χ2v) is 7.52. The molecule has 0 radical (unpaired) electrons. The second-order valence-electron chi connectivity index (χ2n) is 7.11. The number of aromatic hydroxyl groups is 1. The third kappa shape index (κ3) is 4.63. The van der Waals surface area contributed by atoms with E-state index < -0.39 is 5.97 Å². The number of aromatic nitrogens is 2. The molecule has 1 heterocycles. The van der Waals surface area contributed by atoms with Crippen molar-refractivity contribution in [3.05, 3.63) is 94.6 Å². The van der Waals surface area contributed by atoms with Crippen LogP contribution in [0.5, 0.6) is 5.75 Å². The zero-order chi connectivity index (χ0) is 22.7. The molecule has 4 aromatic rings. The van der Waals surface area contributed by atoms with Gasteiger partial charge in [0.2, 0.25) is 0 Å². The number of anilines is 1. The number of aromatic carboxylic acids is 1. The van der Waals surface area contributed by atoms with Crippen molar-refractivity contribution in [1.29, 1.82) is 0 Å². The fourth-order valence-corrected chi connectivity index (χ4v) is 3.23. The maximum Gasteiger partial charge on any atom is 0.335 e. The number of carboxylic acids is 1. The number of carbonyl (C=O) groups is 1. The fourth-order valence-electron chi connectivity index (χ4n) is 3.05. The number of nitrogens with zero attached hydrogens (tertiary/aromatic N) is 3. The molecule has 0 aliphatic carbocycles. The Morgan fingerprint density at radius 3 is 2.47 bits per heavy atom. The number of halogens is 1. The van der Waals surface area contributed by atoms with E-state index in [1.54, 1.807) is 59.6 Å². The predicted octanol–water partition coefficient (Wildman–Crippen LogP) is 5.35. The molecular weight excluding hydrogens is 428 g/mol. The Kier molecular flexibility index (Phi) is 5.91. The first-order valence-corrected chi connectivity index (χ1v) is 10.1. The smallest absolute Gasteiger partial charge is 0.335 e. The first kappa shape index (κ1) is 21.1. The minimum atomic E-state index is -0.989. The van der Waals surface area contributed by atoms with Crippen molar-refractivity contribution in [2.24, 2.45) is 5.10 Å². The molecule has 8 heteroatoms. The highest BCUT2D eigenvalue weighted by Gasteiger charge is 2.12. The van der Waals surface area contributed by atoms with Gasteiger partial charge < -0.3 is 10.2 Å². The summed E-state index contributed by atoms with van der Waals surface area (Å²) in [5.41, 5.74) is 7.76. The van der Waals surface area contributed by atoms with Crippen molar-refractivity contribution in [2.45, 2.75) is 6.92 Å². The molecule has 0 bridgehead atoms.